The van der Waals surface area contributed by atoms with Crippen molar-refractivity contribution in [1.82, 2.24) is 10.2 Å². The summed E-state index contributed by atoms with van der Waals surface area (Å²) in [6.07, 6.45) is 0.720. The second-order valence-electron chi connectivity index (χ2n) is 9.46. The van der Waals surface area contributed by atoms with Crippen molar-refractivity contribution >= 4 is 23.9 Å². The van der Waals surface area contributed by atoms with E-state index in [1.807, 2.05) is 0 Å². The first-order valence-electron chi connectivity index (χ1n) is 10.4. The number of rotatable bonds is 9. The van der Waals surface area contributed by atoms with Gasteiger partial charge in [0.15, 0.2) is 0 Å². The molecule has 1 N–H and O–H groups in total. The Labute approximate surface area is 178 Å². The Morgan fingerprint density at radius 3 is 2.00 bits per heavy atom. The minimum atomic E-state index is -1.22. The fraction of sp³-hybridized carbons (Fsp3) is 0.810. The van der Waals surface area contributed by atoms with Crippen molar-refractivity contribution in [1.29, 1.82) is 0 Å². The fourth-order valence-corrected chi connectivity index (χ4v) is 2.63. The molecule has 1 saturated carbocycles. The lowest BCUT2D eigenvalue weighted by Gasteiger charge is -2.29. The van der Waals surface area contributed by atoms with Gasteiger partial charge in [-0.3, -0.25) is 14.4 Å². The fourth-order valence-electron chi connectivity index (χ4n) is 2.63. The van der Waals surface area contributed by atoms with E-state index in [-0.39, 0.29) is 19.6 Å². The Balaban J connectivity index is 2.98. The van der Waals surface area contributed by atoms with Crippen LogP contribution in [0.2, 0.25) is 0 Å². The minimum Gasteiger partial charge on any atom is -0.465 e. The molecule has 0 aromatic rings. The van der Waals surface area contributed by atoms with Crippen LogP contribution >= 0.6 is 0 Å². The second kappa shape index (κ2) is 10.6. The number of carbonyl (C=O) groups excluding carboxylic acids is 4. The standard InChI is InChI=1S/C21H36N2O7/c1-8-28-17(25)13-23(12-14-9-10-14)18(26)15(11-16(24)29-20(2,3)4)22-19(27)30-21(5,6)7/h14-15H,8-13H2,1-7H3,(H,22,27)/t15-/m0/s1. The molecule has 1 aliphatic carbocycles. The van der Waals surface area contributed by atoms with Gasteiger partial charge in [-0.15, -0.1) is 0 Å². The molecule has 1 aliphatic rings. The zero-order valence-corrected chi connectivity index (χ0v) is 19.2. The van der Waals surface area contributed by atoms with Crippen molar-refractivity contribution < 1.29 is 33.4 Å². The van der Waals surface area contributed by atoms with E-state index in [1.54, 1.807) is 48.5 Å². The average molecular weight is 429 g/mol. The third kappa shape index (κ3) is 11.0. The van der Waals surface area contributed by atoms with E-state index in [1.165, 1.54) is 4.90 Å². The van der Waals surface area contributed by atoms with Crippen LogP contribution in [-0.4, -0.2) is 65.8 Å². The molecule has 9 heteroatoms. The first kappa shape index (κ1) is 25.7. The van der Waals surface area contributed by atoms with Crippen LogP contribution in [0.25, 0.3) is 0 Å². The molecular formula is C21H36N2O7. The summed E-state index contributed by atoms with van der Waals surface area (Å²) in [6, 6.07) is -1.22. The monoisotopic (exact) mass is 428 g/mol. The molecule has 1 rings (SSSR count). The van der Waals surface area contributed by atoms with Crippen molar-refractivity contribution in [3.8, 4) is 0 Å². The smallest absolute Gasteiger partial charge is 0.408 e. The zero-order chi connectivity index (χ0) is 23.1. The van der Waals surface area contributed by atoms with Gasteiger partial charge in [0, 0.05) is 6.54 Å². The minimum absolute atomic E-state index is 0.196. The first-order valence-corrected chi connectivity index (χ1v) is 10.4. The topological polar surface area (TPSA) is 111 Å². The van der Waals surface area contributed by atoms with Crippen molar-refractivity contribution in [3.05, 3.63) is 0 Å². The van der Waals surface area contributed by atoms with Crippen LogP contribution in [0.15, 0.2) is 0 Å². The van der Waals surface area contributed by atoms with E-state index in [9.17, 15) is 19.2 Å². The maximum absolute atomic E-state index is 13.2. The number of carbonyl (C=O) groups is 4. The van der Waals surface area contributed by atoms with E-state index < -0.39 is 41.2 Å². The zero-order valence-electron chi connectivity index (χ0n) is 19.2. The van der Waals surface area contributed by atoms with Crippen LogP contribution in [-0.2, 0) is 28.6 Å². The van der Waals surface area contributed by atoms with Crippen molar-refractivity contribution in [3.63, 3.8) is 0 Å². The van der Waals surface area contributed by atoms with Gasteiger partial charge in [0.05, 0.1) is 13.0 Å². The molecular weight excluding hydrogens is 392 g/mol. The number of alkyl carbamates (subject to hydrolysis) is 1. The molecule has 0 aromatic heterocycles. The van der Waals surface area contributed by atoms with Gasteiger partial charge in [-0.2, -0.15) is 0 Å². The first-order chi connectivity index (χ1) is 13.7. The van der Waals surface area contributed by atoms with Crippen LogP contribution in [0.1, 0.15) is 67.7 Å². The molecule has 1 fully saturated rings. The Kier molecular flexibility index (Phi) is 9.11. The molecule has 0 unspecified atom stereocenters. The van der Waals surface area contributed by atoms with Gasteiger partial charge in [-0.1, -0.05) is 0 Å². The van der Waals surface area contributed by atoms with Gasteiger partial charge in [-0.25, -0.2) is 4.79 Å². The molecule has 0 saturated heterocycles. The highest BCUT2D eigenvalue weighted by atomic mass is 16.6. The summed E-state index contributed by atoms with van der Waals surface area (Å²) in [5.41, 5.74) is -1.52. The summed E-state index contributed by atoms with van der Waals surface area (Å²) in [6.45, 7) is 12.2. The highest BCUT2D eigenvalue weighted by molar-refractivity contribution is 5.91. The third-order valence-corrected chi connectivity index (χ3v) is 3.89. The maximum Gasteiger partial charge on any atom is 0.408 e. The second-order valence-corrected chi connectivity index (χ2v) is 9.46. The highest BCUT2D eigenvalue weighted by Gasteiger charge is 2.35. The Hall–Kier alpha value is -2.32. The highest BCUT2D eigenvalue weighted by Crippen LogP contribution is 2.30. The summed E-state index contributed by atoms with van der Waals surface area (Å²) in [5, 5.41) is 2.46. The van der Waals surface area contributed by atoms with Gasteiger partial charge in [0.25, 0.3) is 0 Å². The number of nitrogens with zero attached hydrogens (tertiary/aromatic N) is 1. The number of hydrogen-bond donors (Lipinski definition) is 1. The van der Waals surface area contributed by atoms with Gasteiger partial charge < -0.3 is 24.4 Å². The number of ether oxygens (including phenoxy) is 3. The van der Waals surface area contributed by atoms with Gasteiger partial charge in [0.2, 0.25) is 5.91 Å². The molecule has 0 aromatic carbocycles. The molecule has 9 nitrogen and oxygen atoms in total. The van der Waals surface area contributed by atoms with Gasteiger partial charge in [0.1, 0.15) is 23.8 Å². The quantitative estimate of drug-likeness (QED) is 0.443. The largest absolute Gasteiger partial charge is 0.465 e. The molecule has 0 heterocycles. The van der Waals surface area contributed by atoms with Gasteiger partial charge in [-0.05, 0) is 67.2 Å². The van der Waals surface area contributed by atoms with Crippen LogP contribution in [0, 0.1) is 5.92 Å². The number of esters is 2. The molecule has 1 atom stereocenters. The SMILES string of the molecule is CCOC(=O)CN(CC1CC1)C(=O)[C@H](CC(=O)OC(C)(C)C)NC(=O)OC(C)(C)C. The van der Waals surface area contributed by atoms with E-state index >= 15 is 0 Å². The molecule has 0 aliphatic heterocycles. The van der Waals surface area contributed by atoms with E-state index in [2.05, 4.69) is 5.32 Å². The molecule has 0 radical (unpaired) electrons. The lowest BCUT2D eigenvalue weighted by molar-refractivity contribution is -0.157. The summed E-state index contributed by atoms with van der Waals surface area (Å²) in [5.74, 6) is -1.43. The number of nitrogens with one attached hydrogen (secondary N) is 1. The van der Waals surface area contributed by atoms with Crippen LogP contribution < -0.4 is 5.32 Å². The summed E-state index contributed by atoms with van der Waals surface area (Å²) in [7, 11) is 0. The predicted molar refractivity (Wildman–Crippen MR) is 110 cm³/mol. The Morgan fingerprint density at radius 2 is 1.53 bits per heavy atom. The number of amides is 2. The molecule has 0 spiro atoms. The summed E-state index contributed by atoms with van der Waals surface area (Å²) >= 11 is 0. The molecule has 30 heavy (non-hydrogen) atoms. The third-order valence-electron chi connectivity index (χ3n) is 3.89. The van der Waals surface area contributed by atoms with Crippen molar-refractivity contribution in [2.45, 2.75) is 85.0 Å². The number of hydrogen-bond acceptors (Lipinski definition) is 7. The van der Waals surface area contributed by atoms with Crippen LogP contribution in [0.5, 0.6) is 0 Å². The van der Waals surface area contributed by atoms with Crippen molar-refractivity contribution in [2.24, 2.45) is 5.92 Å². The van der Waals surface area contributed by atoms with Crippen LogP contribution in [0.3, 0.4) is 0 Å². The van der Waals surface area contributed by atoms with Gasteiger partial charge >= 0.3 is 18.0 Å². The molecule has 0 bridgehead atoms. The summed E-state index contributed by atoms with van der Waals surface area (Å²) in [4.78, 5) is 51.1. The molecule has 172 valence electrons. The lowest BCUT2D eigenvalue weighted by atomic mass is 10.1. The average Bonchev–Trinajstić information content (AvgIpc) is 3.33. The molecule has 2 amide bonds. The Bertz CT molecular complexity index is 600. The van der Waals surface area contributed by atoms with Crippen LogP contribution in [0.4, 0.5) is 4.79 Å². The maximum atomic E-state index is 13.2. The van der Waals surface area contributed by atoms with E-state index in [0.717, 1.165) is 12.8 Å². The summed E-state index contributed by atoms with van der Waals surface area (Å²) < 4.78 is 15.5. The van der Waals surface area contributed by atoms with E-state index in [0.29, 0.717) is 12.5 Å². The lowest BCUT2D eigenvalue weighted by Crippen LogP contribution is -2.52. The normalized spacial score (nSPS) is 15.0. The Morgan fingerprint density at radius 1 is 0.967 bits per heavy atom. The van der Waals surface area contributed by atoms with Crippen molar-refractivity contribution in [2.75, 3.05) is 19.7 Å². The van der Waals surface area contributed by atoms with E-state index in [4.69, 9.17) is 14.2 Å². The predicted octanol–water partition coefficient (Wildman–Crippen LogP) is 2.41.